The Balaban J connectivity index is 2.16. The van der Waals surface area contributed by atoms with Crippen LogP contribution in [0, 0.1) is 12.8 Å². The molecule has 1 aliphatic carbocycles. The van der Waals surface area contributed by atoms with E-state index in [2.05, 4.69) is 11.9 Å². The van der Waals surface area contributed by atoms with Crippen LogP contribution in [0.25, 0.3) is 0 Å². The number of rotatable bonds is 4. The lowest BCUT2D eigenvalue weighted by molar-refractivity contribution is 0.233. The highest BCUT2D eigenvalue weighted by atomic mass is 32.2. The van der Waals surface area contributed by atoms with E-state index in [1.165, 1.54) is 10.7 Å². The molecule has 1 aromatic heterocycles. The second-order valence-electron chi connectivity index (χ2n) is 5.53. The van der Waals surface area contributed by atoms with Crippen molar-refractivity contribution in [3.63, 3.8) is 0 Å². The predicted molar refractivity (Wildman–Crippen MR) is 82.2 cm³/mol. The first kappa shape index (κ1) is 15.7. The van der Waals surface area contributed by atoms with E-state index in [4.69, 9.17) is 5.73 Å². The van der Waals surface area contributed by atoms with E-state index in [0.717, 1.165) is 42.9 Å². The van der Waals surface area contributed by atoms with E-state index in [1.807, 2.05) is 0 Å². The molecule has 1 aliphatic rings. The van der Waals surface area contributed by atoms with Crippen LogP contribution >= 0.6 is 11.3 Å². The van der Waals surface area contributed by atoms with Crippen LogP contribution in [0.3, 0.4) is 0 Å². The Morgan fingerprint density at radius 2 is 1.95 bits per heavy atom. The quantitative estimate of drug-likeness (QED) is 0.926. The van der Waals surface area contributed by atoms with Gasteiger partial charge < -0.3 is 5.73 Å². The molecular formula is C13H23N3O2S2. The lowest BCUT2D eigenvalue weighted by Crippen LogP contribution is -2.39. The molecule has 1 fully saturated rings. The highest BCUT2D eigenvalue weighted by molar-refractivity contribution is 7.91. The van der Waals surface area contributed by atoms with Crippen LogP contribution in [0.5, 0.6) is 0 Å². The minimum absolute atomic E-state index is 0.102. The molecule has 0 radical (unpaired) electrons. The van der Waals surface area contributed by atoms with Gasteiger partial charge in [-0.1, -0.05) is 24.7 Å². The largest absolute Gasteiger partial charge is 0.375 e. The van der Waals surface area contributed by atoms with Crippen molar-refractivity contribution in [2.45, 2.75) is 56.2 Å². The Morgan fingerprint density at radius 1 is 1.35 bits per heavy atom. The Hall–Kier alpha value is -0.660. The molecule has 1 aromatic rings. The van der Waals surface area contributed by atoms with Gasteiger partial charge in [-0.05, 0) is 38.5 Å². The summed E-state index contributed by atoms with van der Waals surface area (Å²) in [4.78, 5) is 4.02. The zero-order valence-corrected chi connectivity index (χ0v) is 13.9. The Morgan fingerprint density at radius 3 is 2.40 bits per heavy atom. The summed E-state index contributed by atoms with van der Waals surface area (Å²) in [7, 11) is -1.78. The van der Waals surface area contributed by atoms with E-state index in [0.29, 0.717) is 10.8 Å². The van der Waals surface area contributed by atoms with E-state index in [1.54, 1.807) is 14.0 Å². The SMILES string of the molecule is CCC1CCC(N(C)S(=O)(=O)c2sc(N)nc2C)CC1. The Labute approximate surface area is 125 Å². The van der Waals surface area contributed by atoms with Gasteiger partial charge in [0.05, 0.1) is 5.69 Å². The van der Waals surface area contributed by atoms with Gasteiger partial charge in [-0.15, -0.1) is 0 Å². The molecule has 20 heavy (non-hydrogen) atoms. The van der Waals surface area contributed by atoms with Crippen LogP contribution in [-0.4, -0.2) is 30.8 Å². The number of aryl methyl sites for hydroxylation is 1. The van der Waals surface area contributed by atoms with Crippen LogP contribution in [-0.2, 0) is 10.0 Å². The third kappa shape index (κ3) is 2.99. The summed E-state index contributed by atoms with van der Waals surface area (Å²) in [5, 5.41) is 0.309. The van der Waals surface area contributed by atoms with Gasteiger partial charge in [0.1, 0.15) is 0 Å². The fraction of sp³-hybridized carbons (Fsp3) is 0.769. The molecule has 0 aliphatic heterocycles. The van der Waals surface area contributed by atoms with Gasteiger partial charge in [0.25, 0.3) is 10.0 Å². The van der Waals surface area contributed by atoms with Crippen molar-refractivity contribution >= 4 is 26.5 Å². The monoisotopic (exact) mass is 317 g/mol. The highest BCUT2D eigenvalue weighted by Gasteiger charge is 2.33. The fourth-order valence-corrected chi connectivity index (χ4v) is 5.77. The molecule has 2 rings (SSSR count). The van der Waals surface area contributed by atoms with Crippen molar-refractivity contribution in [1.29, 1.82) is 0 Å². The van der Waals surface area contributed by atoms with Crippen molar-refractivity contribution in [2.75, 3.05) is 12.8 Å². The summed E-state index contributed by atoms with van der Waals surface area (Å²) in [6.07, 6.45) is 5.31. The van der Waals surface area contributed by atoms with E-state index in [-0.39, 0.29) is 10.3 Å². The molecule has 1 saturated carbocycles. The summed E-state index contributed by atoms with van der Waals surface area (Å²) in [5.74, 6) is 0.753. The second-order valence-corrected chi connectivity index (χ2v) is 8.75. The summed E-state index contributed by atoms with van der Waals surface area (Å²) in [5.41, 5.74) is 6.12. The third-order valence-electron chi connectivity index (χ3n) is 4.29. The van der Waals surface area contributed by atoms with Gasteiger partial charge >= 0.3 is 0 Å². The molecule has 5 nitrogen and oxygen atoms in total. The number of nitrogens with two attached hydrogens (primary N) is 1. The lowest BCUT2D eigenvalue weighted by atomic mass is 9.85. The van der Waals surface area contributed by atoms with Crippen LogP contribution in [0.2, 0.25) is 0 Å². The molecule has 0 bridgehead atoms. The minimum atomic E-state index is -3.46. The minimum Gasteiger partial charge on any atom is -0.375 e. The van der Waals surface area contributed by atoms with Crippen LogP contribution in [0.1, 0.15) is 44.7 Å². The van der Waals surface area contributed by atoms with Crippen LogP contribution < -0.4 is 5.73 Å². The molecule has 0 unspecified atom stereocenters. The van der Waals surface area contributed by atoms with E-state index in [9.17, 15) is 8.42 Å². The fourth-order valence-electron chi connectivity index (χ4n) is 2.89. The van der Waals surface area contributed by atoms with Crippen LogP contribution in [0.4, 0.5) is 5.13 Å². The van der Waals surface area contributed by atoms with Crippen molar-refractivity contribution in [3.8, 4) is 0 Å². The number of sulfonamides is 1. The molecule has 7 heteroatoms. The van der Waals surface area contributed by atoms with Crippen LogP contribution in [0.15, 0.2) is 4.21 Å². The van der Waals surface area contributed by atoms with Gasteiger partial charge in [0.15, 0.2) is 9.34 Å². The first-order chi connectivity index (χ1) is 9.36. The summed E-state index contributed by atoms with van der Waals surface area (Å²) in [6.45, 7) is 3.90. The zero-order valence-electron chi connectivity index (χ0n) is 12.3. The van der Waals surface area contributed by atoms with Gasteiger partial charge in [-0.3, -0.25) is 0 Å². The Kier molecular flexibility index (Phi) is 4.71. The van der Waals surface area contributed by atoms with E-state index >= 15 is 0 Å². The second kappa shape index (κ2) is 5.99. The van der Waals surface area contributed by atoms with Crippen molar-refractivity contribution < 1.29 is 8.42 Å². The molecule has 114 valence electrons. The number of hydrogen-bond acceptors (Lipinski definition) is 5. The Bertz CT molecular complexity index is 560. The molecule has 0 amide bonds. The van der Waals surface area contributed by atoms with Gasteiger partial charge in [-0.25, -0.2) is 13.4 Å². The smallest absolute Gasteiger partial charge is 0.254 e. The summed E-state index contributed by atoms with van der Waals surface area (Å²) >= 11 is 1.06. The average Bonchev–Trinajstić information content (AvgIpc) is 2.77. The first-order valence-electron chi connectivity index (χ1n) is 7.07. The zero-order chi connectivity index (χ0) is 14.9. The normalized spacial score (nSPS) is 24.2. The number of nitrogens with zero attached hydrogens (tertiary/aromatic N) is 2. The van der Waals surface area contributed by atoms with Crippen molar-refractivity contribution in [1.82, 2.24) is 9.29 Å². The van der Waals surface area contributed by atoms with Crippen molar-refractivity contribution in [3.05, 3.63) is 5.69 Å². The molecular weight excluding hydrogens is 294 g/mol. The molecule has 0 aromatic carbocycles. The number of hydrogen-bond donors (Lipinski definition) is 1. The molecule has 0 saturated heterocycles. The van der Waals surface area contributed by atoms with Gasteiger partial charge in [0.2, 0.25) is 0 Å². The predicted octanol–water partition coefficient (Wildman–Crippen LogP) is 2.62. The number of anilines is 1. The maximum absolute atomic E-state index is 12.7. The number of thiazole rings is 1. The lowest BCUT2D eigenvalue weighted by Gasteiger charge is -2.33. The maximum atomic E-state index is 12.7. The van der Waals surface area contributed by atoms with Crippen molar-refractivity contribution in [2.24, 2.45) is 5.92 Å². The highest BCUT2D eigenvalue weighted by Crippen LogP contribution is 2.34. The maximum Gasteiger partial charge on any atom is 0.254 e. The number of nitrogen functional groups attached to an aromatic ring is 1. The molecule has 0 atom stereocenters. The van der Waals surface area contributed by atoms with Gasteiger partial charge in [0, 0.05) is 13.1 Å². The summed E-state index contributed by atoms with van der Waals surface area (Å²) in [6, 6.07) is 0.102. The molecule has 2 N–H and O–H groups in total. The first-order valence-corrected chi connectivity index (χ1v) is 9.32. The van der Waals surface area contributed by atoms with Gasteiger partial charge in [-0.2, -0.15) is 4.31 Å². The summed E-state index contributed by atoms with van der Waals surface area (Å²) < 4.78 is 27.1. The van der Waals surface area contributed by atoms with E-state index < -0.39 is 10.0 Å². The number of aromatic nitrogens is 1. The topological polar surface area (TPSA) is 76.3 Å². The molecule has 1 heterocycles. The third-order valence-corrected chi connectivity index (χ3v) is 7.78. The molecule has 0 spiro atoms. The average molecular weight is 317 g/mol. The standard InChI is InChI=1S/C13H23N3O2S2/c1-4-10-5-7-11(8-6-10)16(3)20(17,18)12-9(2)15-13(14)19-12/h10-11H,4-8H2,1-3H3,(H2,14,15).